The quantitative estimate of drug-likeness (QED) is 0.475. The smallest absolute Gasteiger partial charge is 0.259 e. The molecule has 2 aliphatic heterocycles. The summed E-state index contributed by atoms with van der Waals surface area (Å²) in [6, 6.07) is 3.56. The van der Waals surface area contributed by atoms with Crippen LogP contribution in [-0.4, -0.2) is 48.5 Å². The number of rotatable bonds is 4. The lowest BCUT2D eigenvalue weighted by molar-refractivity contribution is 0.208. The van der Waals surface area contributed by atoms with Gasteiger partial charge in [-0.3, -0.25) is 9.36 Å². The molecule has 0 spiro atoms. The fourth-order valence-electron chi connectivity index (χ4n) is 5.34. The van der Waals surface area contributed by atoms with Gasteiger partial charge in [-0.25, -0.2) is 19.0 Å². The fourth-order valence-corrected chi connectivity index (χ4v) is 7.40. The highest BCUT2D eigenvalue weighted by molar-refractivity contribution is 7.29. The van der Waals surface area contributed by atoms with E-state index in [0.29, 0.717) is 16.9 Å². The first-order valence-corrected chi connectivity index (χ1v) is 12.6. The van der Waals surface area contributed by atoms with Gasteiger partial charge in [0.2, 0.25) is 0 Å². The van der Waals surface area contributed by atoms with Crippen LogP contribution in [0.25, 0.3) is 20.5 Å². The maximum atomic E-state index is 13.2. The lowest BCUT2D eigenvalue weighted by Gasteiger charge is -2.45. The van der Waals surface area contributed by atoms with Crippen molar-refractivity contribution in [3.63, 3.8) is 0 Å². The van der Waals surface area contributed by atoms with Crippen LogP contribution in [0.15, 0.2) is 35.5 Å². The average Bonchev–Trinajstić information content (AvgIpc) is 3.49. The zero-order valence-electron chi connectivity index (χ0n) is 18.6. The number of piperidine rings is 1. The number of hydrogen-bond donors (Lipinski definition) is 1. The van der Waals surface area contributed by atoms with Crippen molar-refractivity contribution < 1.29 is 4.39 Å². The third kappa shape index (κ3) is 3.58. The number of thiazole rings is 2. The number of anilines is 1. The Bertz CT molecular complexity index is 1370. The number of nitrogens with one attached hydrogen (secondary N) is 1. The van der Waals surface area contributed by atoms with Gasteiger partial charge in [-0.15, -0.1) is 0 Å². The normalized spacial score (nSPS) is 26.8. The molecule has 2 saturated heterocycles. The molecule has 0 unspecified atom stereocenters. The molecule has 4 aromatic rings. The van der Waals surface area contributed by atoms with Crippen LogP contribution in [0.2, 0.25) is 0 Å². The van der Waals surface area contributed by atoms with Crippen LogP contribution < -0.4 is 15.8 Å². The van der Waals surface area contributed by atoms with Crippen LogP contribution in [0.5, 0.6) is 0 Å². The highest BCUT2D eigenvalue weighted by atomic mass is 32.1. The molecule has 2 bridgehead atoms. The van der Waals surface area contributed by atoms with E-state index in [2.05, 4.69) is 41.2 Å². The molecule has 1 N–H and O–H groups in total. The Labute approximate surface area is 197 Å². The van der Waals surface area contributed by atoms with E-state index in [1.165, 1.54) is 45.7 Å². The molecule has 6 heterocycles. The van der Waals surface area contributed by atoms with Gasteiger partial charge in [0.15, 0.2) is 25.7 Å². The molecule has 2 fully saturated rings. The van der Waals surface area contributed by atoms with Crippen molar-refractivity contribution in [3.05, 3.63) is 46.9 Å². The van der Waals surface area contributed by atoms with E-state index < -0.39 is 5.82 Å². The second-order valence-corrected chi connectivity index (χ2v) is 11.6. The summed E-state index contributed by atoms with van der Waals surface area (Å²) in [5.74, 6) is -0.452. The van der Waals surface area contributed by atoms with Crippen molar-refractivity contribution >= 4 is 37.5 Å². The second-order valence-electron chi connectivity index (χ2n) is 9.72. The molecule has 6 rings (SSSR count). The maximum Gasteiger partial charge on any atom is 0.259 e. The molecular formula is C22H24FN7OS2. The minimum absolute atomic E-state index is 0.196. The molecule has 3 atom stereocenters. The van der Waals surface area contributed by atoms with E-state index in [1.807, 2.05) is 0 Å². The minimum atomic E-state index is -0.452. The molecule has 0 radical (unpaired) electrons. The Balaban J connectivity index is 1.26. The molecule has 4 aromatic heterocycles. The van der Waals surface area contributed by atoms with Crippen LogP contribution in [0.3, 0.4) is 0 Å². The lowest BCUT2D eigenvalue weighted by atomic mass is 9.84. The van der Waals surface area contributed by atoms with E-state index >= 15 is 0 Å². The van der Waals surface area contributed by atoms with Gasteiger partial charge in [-0.05, 0) is 45.6 Å². The SMILES string of the molecule is CN(c1nc2sc(-n3ccc(-n4cc(F)cn4)cc3=O)nc2s1)[C@H]1C[C@]2(C)CC[C@](C)(C1)N2. The molecule has 0 saturated carbocycles. The highest BCUT2D eigenvalue weighted by Crippen LogP contribution is 2.44. The molecule has 33 heavy (non-hydrogen) atoms. The van der Waals surface area contributed by atoms with Crippen LogP contribution in [0, 0.1) is 5.82 Å². The Morgan fingerprint density at radius 3 is 2.55 bits per heavy atom. The highest BCUT2D eigenvalue weighted by Gasteiger charge is 2.49. The predicted octanol–water partition coefficient (Wildman–Crippen LogP) is 3.73. The Kier molecular flexibility index (Phi) is 4.56. The number of pyridine rings is 1. The third-order valence-corrected chi connectivity index (χ3v) is 9.05. The zero-order valence-corrected chi connectivity index (χ0v) is 20.2. The first-order chi connectivity index (χ1) is 15.7. The molecule has 2 aliphatic rings. The van der Waals surface area contributed by atoms with Gasteiger partial charge in [0.05, 0.1) is 18.1 Å². The summed E-state index contributed by atoms with van der Waals surface area (Å²) < 4.78 is 16.1. The first-order valence-electron chi connectivity index (χ1n) is 10.9. The summed E-state index contributed by atoms with van der Waals surface area (Å²) in [5, 5.41) is 9.28. The number of hydrogen-bond acceptors (Lipinski definition) is 8. The number of halogens is 1. The lowest BCUT2D eigenvalue weighted by Crippen LogP contribution is -2.58. The standard InChI is InChI=1S/C22H24FN7OS2/c1-21-5-6-22(2,27-21)10-15(9-21)28(3)19-25-17-18(32-19)26-20(33-17)29-7-4-14(8-16(29)31)30-12-13(23)11-24-30/h4,7-8,11-12,15,27H,5-6,9-10H2,1-3H3/t15-,21-,22+. The summed E-state index contributed by atoms with van der Waals surface area (Å²) in [6.45, 7) is 4.66. The Hall–Kier alpha value is -2.63. The van der Waals surface area contributed by atoms with Crippen molar-refractivity contribution in [1.29, 1.82) is 0 Å². The largest absolute Gasteiger partial charge is 0.348 e. The summed E-state index contributed by atoms with van der Waals surface area (Å²) in [5.41, 5.74) is 0.635. The van der Waals surface area contributed by atoms with Crippen LogP contribution in [-0.2, 0) is 0 Å². The maximum absolute atomic E-state index is 13.2. The zero-order chi connectivity index (χ0) is 23.0. The van der Waals surface area contributed by atoms with E-state index in [-0.39, 0.29) is 16.6 Å². The van der Waals surface area contributed by atoms with Crippen molar-refractivity contribution in [2.45, 2.75) is 56.7 Å². The van der Waals surface area contributed by atoms with Crippen molar-refractivity contribution in [2.24, 2.45) is 0 Å². The molecule has 172 valence electrons. The van der Waals surface area contributed by atoms with Crippen LogP contribution >= 0.6 is 22.7 Å². The first kappa shape index (κ1) is 20.9. The van der Waals surface area contributed by atoms with Gasteiger partial charge < -0.3 is 10.2 Å². The predicted molar refractivity (Wildman–Crippen MR) is 129 cm³/mol. The third-order valence-electron chi connectivity index (χ3n) is 6.93. The Morgan fingerprint density at radius 1 is 1.18 bits per heavy atom. The summed E-state index contributed by atoms with van der Waals surface area (Å²) >= 11 is 2.96. The molecule has 0 aromatic carbocycles. The number of fused-ring (bicyclic) bond motifs is 3. The summed E-state index contributed by atoms with van der Waals surface area (Å²) in [7, 11) is 2.13. The number of aromatic nitrogens is 5. The second kappa shape index (κ2) is 7.18. The molecule has 0 aliphatic carbocycles. The topological polar surface area (TPSA) is 80.9 Å². The van der Waals surface area contributed by atoms with Gasteiger partial charge in [-0.2, -0.15) is 5.10 Å². The van der Waals surface area contributed by atoms with Gasteiger partial charge in [-0.1, -0.05) is 22.7 Å². The summed E-state index contributed by atoms with van der Waals surface area (Å²) in [6.07, 6.45) is 8.62. The van der Waals surface area contributed by atoms with Gasteiger partial charge in [0.25, 0.3) is 5.56 Å². The molecular weight excluding hydrogens is 461 g/mol. The van der Waals surface area contributed by atoms with Crippen molar-refractivity contribution in [1.82, 2.24) is 29.6 Å². The molecule has 0 amide bonds. The van der Waals surface area contributed by atoms with Gasteiger partial charge in [0, 0.05) is 36.4 Å². The number of nitrogens with zero attached hydrogens (tertiary/aromatic N) is 6. The van der Waals surface area contributed by atoms with Crippen molar-refractivity contribution in [2.75, 3.05) is 11.9 Å². The fraction of sp³-hybridized carbons (Fsp3) is 0.455. The van der Waals surface area contributed by atoms with Gasteiger partial charge >= 0.3 is 0 Å². The van der Waals surface area contributed by atoms with Gasteiger partial charge in [0.1, 0.15) is 0 Å². The van der Waals surface area contributed by atoms with E-state index in [0.717, 1.165) is 33.8 Å². The molecule has 11 heteroatoms. The van der Waals surface area contributed by atoms with Crippen molar-refractivity contribution in [3.8, 4) is 10.8 Å². The molecule has 8 nitrogen and oxygen atoms in total. The van der Waals surface area contributed by atoms with Crippen LogP contribution in [0.1, 0.15) is 39.5 Å². The Morgan fingerprint density at radius 2 is 1.91 bits per heavy atom. The minimum Gasteiger partial charge on any atom is -0.348 e. The van der Waals surface area contributed by atoms with Crippen LogP contribution in [0.4, 0.5) is 9.52 Å². The van der Waals surface area contributed by atoms with E-state index in [4.69, 9.17) is 4.98 Å². The van der Waals surface area contributed by atoms with E-state index in [9.17, 15) is 9.18 Å². The average molecular weight is 486 g/mol. The summed E-state index contributed by atoms with van der Waals surface area (Å²) in [4.78, 5) is 26.2. The monoisotopic (exact) mass is 485 g/mol. The van der Waals surface area contributed by atoms with E-state index in [1.54, 1.807) is 23.6 Å².